The Morgan fingerprint density at radius 3 is 2.38 bits per heavy atom. The average molecular weight is 230 g/mol. The van der Waals surface area contributed by atoms with Gasteiger partial charge in [0.05, 0.1) is 12.2 Å². The van der Waals surface area contributed by atoms with Gasteiger partial charge in [-0.3, -0.25) is 0 Å². The summed E-state index contributed by atoms with van der Waals surface area (Å²) in [6.07, 6.45) is 6.69. The highest BCUT2D eigenvalue weighted by Crippen LogP contribution is 2.13. The van der Waals surface area contributed by atoms with Crippen molar-refractivity contribution in [2.24, 2.45) is 5.92 Å². The second-order valence-corrected chi connectivity index (χ2v) is 5.04. The Morgan fingerprint density at radius 2 is 1.81 bits per heavy atom. The van der Waals surface area contributed by atoms with Crippen LogP contribution in [0.15, 0.2) is 0 Å². The summed E-state index contributed by atoms with van der Waals surface area (Å²) in [5.74, 6) is 0.464. The molecule has 0 heterocycles. The molecule has 0 aliphatic heterocycles. The molecule has 2 nitrogen and oxygen atoms in total. The van der Waals surface area contributed by atoms with Crippen molar-refractivity contribution in [1.82, 2.24) is 0 Å². The van der Waals surface area contributed by atoms with Crippen LogP contribution in [0.4, 0.5) is 0 Å². The van der Waals surface area contributed by atoms with E-state index in [0.717, 1.165) is 32.3 Å². The fraction of sp³-hybridized carbons (Fsp3) is 1.00. The van der Waals surface area contributed by atoms with Crippen LogP contribution < -0.4 is 0 Å². The Morgan fingerprint density at radius 1 is 1.12 bits per heavy atom. The Bertz CT molecular complexity index is 148. The van der Waals surface area contributed by atoms with Crippen LogP contribution in [-0.2, 0) is 4.74 Å². The second-order valence-electron chi connectivity index (χ2n) is 5.04. The molecule has 16 heavy (non-hydrogen) atoms. The molecule has 0 saturated carbocycles. The second kappa shape index (κ2) is 10.1. The lowest BCUT2D eigenvalue weighted by atomic mass is 10.0. The van der Waals surface area contributed by atoms with E-state index >= 15 is 0 Å². The van der Waals surface area contributed by atoms with Gasteiger partial charge in [-0.05, 0) is 32.1 Å². The van der Waals surface area contributed by atoms with E-state index in [1.807, 2.05) is 0 Å². The minimum absolute atomic E-state index is 0.137. The third kappa shape index (κ3) is 9.17. The van der Waals surface area contributed by atoms with E-state index in [1.54, 1.807) is 0 Å². The molecule has 98 valence electrons. The van der Waals surface area contributed by atoms with Crippen molar-refractivity contribution in [3.8, 4) is 0 Å². The van der Waals surface area contributed by atoms with Gasteiger partial charge in [0.1, 0.15) is 0 Å². The van der Waals surface area contributed by atoms with Gasteiger partial charge in [-0.15, -0.1) is 0 Å². The number of rotatable bonds is 10. The number of hydrogen-bond acceptors (Lipinski definition) is 2. The topological polar surface area (TPSA) is 29.5 Å². The van der Waals surface area contributed by atoms with Gasteiger partial charge in [0, 0.05) is 6.61 Å². The number of aliphatic hydroxyl groups excluding tert-OH is 1. The smallest absolute Gasteiger partial charge is 0.0544 e. The molecule has 0 amide bonds. The lowest BCUT2D eigenvalue weighted by Crippen LogP contribution is -2.18. The van der Waals surface area contributed by atoms with Crippen molar-refractivity contribution < 1.29 is 9.84 Å². The highest BCUT2D eigenvalue weighted by molar-refractivity contribution is 4.62. The van der Waals surface area contributed by atoms with Crippen molar-refractivity contribution in [3.05, 3.63) is 0 Å². The van der Waals surface area contributed by atoms with Gasteiger partial charge in [-0.2, -0.15) is 0 Å². The molecule has 0 saturated heterocycles. The molecule has 0 aromatic carbocycles. The molecule has 0 radical (unpaired) electrons. The number of ether oxygens (including phenoxy) is 1. The first-order valence-corrected chi connectivity index (χ1v) is 6.89. The molecular weight excluding hydrogens is 200 g/mol. The third-order valence-electron chi connectivity index (χ3n) is 3.06. The molecule has 0 aliphatic rings. The lowest BCUT2D eigenvalue weighted by molar-refractivity contribution is 0.0260. The van der Waals surface area contributed by atoms with Gasteiger partial charge in [-0.1, -0.05) is 40.0 Å². The third-order valence-corrected chi connectivity index (χ3v) is 3.06. The maximum absolute atomic E-state index is 9.81. The Kier molecular flexibility index (Phi) is 10.0. The Labute approximate surface area is 101 Å². The van der Waals surface area contributed by atoms with Crippen LogP contribution in [0.2, 0.25) is 0 Å². The summed E-state index contributed by atoms with van der Waals surface area (Å²) in [6, 6.07) is 0. The Balaban J connectivity index is 3.49. The fourth-order valence-electron chi connectivity index (χ4n) is 1.73. The van der Waals surface area contributed by atoms with Gasteiger partial charge in [0.2, 0.25) is 0 Å². The molecule has 0 bridgehead atoms. The van der Waals surface area contributed by atoms with Crippen LogP contribution >= 0.6 is 0 Å². The van der Waals surface area contributed by atoms with E-state index in [-0.39, 0.29) is 6.10 Å². The maximum atomic E-state index is 9.81. The summed E-state index contributed by atoms with van der Waals surface area (Å²) >= 11 is 0. The van der Waals surface area contributed by atoms with Gasteiger partial charge >= 0.3 is 0 Å². The van der Waals surface area contributed by atoms with Crippen molar-refractivity contribution in [2.45, 2.75) is 78.4 Å². The summed E-state index contributed by atoms with van der Waals surface area (Å²) in [5, 5.41) is 9.81. The molecule has 0 aromatic rings. The minimum atomic E-state index is -0.137. The molecule has 0 aliphatic carbocycles. The summed E-state index contributed by atoms with van der Waals surface area (Å²) < 4.78 is 5.67. The normalized spacial score (nSPS) is 17.1. The molecule has 1 N–H and O–H groups in total. The summed E-state index contributed by atoms with van der Waals surface area (Å²) in [5.41, 5.74) is 0. The van der Waals surface area contributed by atoms with E-state index in [0.29, 0.717) is 12.0 Å². The summed E-state index contributed by atoms with van der Waals surface area (Å²) in [6.45, 7) is 9.36. The lowest BCUT2D eigenvalue weighted by Gasteiger charge is -2.18. The predicted octanol–water partition coefficient (Wildman–Crippen LogP) is 3.77. The van der Waals surface area contributed by atoms with Crippen LogP contribution in [0, 0.1) is 5.92 Å². The SMILES string of the molecule is CCCCCC(O)CC(C)COC(C)CC. The van der Waals surface area contributed by atoms with E-state index in [4.69, 9.17) is 4.74 Å². The minimum Gasteiger partial charge on any atom is -0.393 e. The summed E-state index contributed by atoms with van der Waals surface area (Å²) in [7, 11) is 0. The van der Waals surface area contributed by atoms with Gasteiger partial charge in [0.15, 0.2) is 0 Å². The molecule has 0 aromatic heterocycles. The molecule has 3 atom stereocenters. The van der Waals surface area contributed by atoms with Gasteiger partial charge in [0.25, 0.3) is 0 Å². The average Bonchev–Trinajstić information content (AvgIpc) is 2.26. The quantitative estimate of drug-likeness (QED) is 0.579. The fourth-order valence-corrected chi connectivity index (χ4v) is 1.73. The highest BCUT2D eigenvalue weighted by atomic mass is 16.5. The zero-order valence-corrected chi connectivity index (χ0v) is 11.5. The van der Waals surface area contributed by atoms with E-state index in [1.165, 1.54) is 12.8 Å². The zero-order chi connectivity index (χ0) is 12.4. The standard InChI is InChI=1S/C14H30O2/c1-5-7-8-9-14(15)10-12(3)11-16-13(4)6-2/h12-15H,5-11H2,1-4H3. The van der Waals surface area contributed by atoms with Crippen LogP contribution in [0.25, 0.3) is 0 Å². The predicted molar refractivity (Wildman–Crippen MR) is 69.6 cm³/mol. The van der Waals surface area contributed by atoms with Crippen molar-refractivity contribution in [3.63, 3.8) is 0 Å². The van der Waals surface area contributed by atoms with E-state index in [2.05, 4.69) is 27.7 Å². The maximum Gasteiger partial charge on any atom is 0.0544 e. The molecule has 0 fully saturated rings. The highest BCUT2D eigenvalue weighted by Gasteiger charge is 2.11. The monoisotopic (exact) mass is 230 g/mol. The number of hydrogen-bond donors (Lipinski definition) is 1. The van der Waals surface area contributed by atoms with Crippen LogP contribution in [0.5, 0.6) is 0 Å². The number of aliphatic hydroxyl groups is 1. The summed E-state index contributed by atoms with van der Waals surface area (Å²) in [4.78, 5) is 0. The van der Waals surface area contributed by atoms with E-state index in [9.17, 15) is 5.11 Å². The van der Waals surface area contributed by atoms with Crippen molar-refractivity contribution in [2.75, 3.05) is 6.61 Å². The Hall–Kier alpha value is -0.0800. The zero-order valence-electron chi connectivity index (χ0n) is 11.5. The van der Waals surface area contributed by atoms with Crippen molar-refractivity contribution in [1.29, 1.82) is 0 Å². The van der Waals surface area contributed by atoms with Crippen LogP contribution in [0.1, 0.15) is 66.2 Å². The first kappa shape index (κ1) is 15.9. The first-order chi connectivity index (χ1) is 7.60. The molecule has 0 spiro atoms. The van der Waals surface area contributed by atoms with Crippen LogP contribution in [0.3, 0.4) is 0 Å². The van der Waals surface area contributed by atoms with Crippen LogP contribution in [-0.4, -0.2) is 23.9 Å². The molecule has 0 rings (SSSR count). The largest absolute Gasteiger partial charge is 0.393 e. The number of unbranched alkanes of at least 4 members (excludes halogenated alkanes) is 2. The first-order valence-electron chi connectivity index (χ1n) is 6.89. The molecule has 3 unspecified atom stereocenters. The molecular formula is C14H30O2. The van der Waals surface area contributed by atoms with Crippen molar-refractivity contribution >= 4 is 0 Å². The van der Waals surface area contributed by atoms with Gasteiger partial charge < -0.3 is 9.84 Å². The molecule has 2 heteroatoms. The van der Waals surface area contributed by atoms with Gasteiger partial charge in [-0.25, -0.2) is 0 Å². The van der Waals surface area contributed by atoms with E-state index < -0.39 is 0 Å².